The summed E-state index contributed by atoms with van der Waals surface area (Å²) in [4.78, 5) is 10.6. The molecular weight excluding hydrogens is 126 g/mol. The van der Waals surface area contributed by atoms with E-state index in [2.05, 4.69) is 0 Å². The third-order valence-electron chi connectivity index (χ3n) is 1.60. The van der Waals surface area contributed by atoms with Crippen LogP contribution in [0.3, 0.4) is 0 Å². The van der Waals surface area contributed by atoms with Crippen molar-refractivity contribution in [2.24, 2.45) is 11.7 Å². The van der Waals surface area contributed by atoms with Crippen molar-refractivity contribution < 1.29 is 4.79 Å². The van der Waals surface area contributed by atoms with Gasteiger partial charge in [0.25, 0.3) is 0 Å². The normalized spacial score (nSPS) is 24.1. The highest BCUT2D eigenvalue weighted by atomic mass is 16.1. The molecule has 0 radical (unpaired) electrons. The molecule has 0 bridgehead atoms. The van der Waals surface area contributed by atoms with Gasteiger partial charge >= 0.3 is 0 Å². The summed E-state index contributed by atoms with van der Waals surface area (Å²) in [5.74, 6) is -0.311. The van der Waals surface area contributed by atoms with Gasteiger partial charge in [0.2, 0.25) is 5.91 Å². The Kier molecular flexibility index (Phi) is 1.90. The molecule has 0 saturated heterocycles. The minimum absolute atomic E-state index is 0.0787. The van der Waals surface area contributed by atoms with Gasteiger partial charge in [0.15, 0.2) is 0 Å². The highest BCUT2D eigenvalue weighted by Gasteiger charge is 2.12. The smallest absolute Gasteiger partial charge is 0.224 e. The van der Waals surface area contributed by atoms with E-state index < -0.39 is 0 Å². The first-order valence-electron chi connectivity index (χ1n) is 3.34. The van der Waals surface area contributed by atoms with Gasteiger partial charge < -0.3 is 5.73 Å². The van der Waals surface area contributed by atoms with Crippen LogP contribution in [0.1, 0.15) is 13.3 Å². The van der Waals surface area contributed by atoms with Crippen molar-refractivity contribution in [1.29, 1.82) is 0 Å². The van der Waals surface area contributed by atoms with E-state index in [1.807, 2.05) is 25.2 Å². The molecule has 1 atom stereocenters. The zero-order valence-corrected chi connectivity index (χ0v) is 6.00. The summed E-state index contributed by atoms with van der Waals surface area (Å²) < 4.78 is 0. The van der Waals surface area contributed by atoms with E-state index in [0.29, 0.717) is 0 Å². The highest BCUT2D eigenvalue weighted by molar-refractivity contribution is 5.79. The van der Waals surface area contributed by atoms with Crippen molar-refractivity contribution in [3.8, 4) is 0 Å². The first-order valence-corrected chi connectivity index (χ1v) is 3.34. The number of amides is 1. The van der Waals surface area contributed by atoms with E-state index in [1.165, 1.54) is 0 Å². The van der Waals surface area contributed by atoms with Crippen LogP contribution in [0.25, 0.3) is 0 Å². The van der Waals surface area contributed by atoms with Crippen LogP contribution in [-0.4, -0.2) is 5.91 Å². The molecule has 1 aliphatic rings. The van der Waals surface area contributed by atoms with E-state index in [4.69, 9.17) is 5.73 Å². The second-order valence-electron chi connectivity index (χ2n) is 2.56. The molecule has 0 aliphatic heterocycles. The van der Waals surface area contributed by atoms with Crippen molar-refractivity contribution in [3.05, 3.63) is 23.8 Å². The molecule has 0 heterocycles. The molecule has 0 spiro atoms. The number of primary amides is 1. The molecule has 0 aromatic carbocycles. The molecule has 2 nitrogen and oxygen atoms in total. The first-order chi connectivity index (χ1) is 4.70. The zero-order valence-electron chi connectivity index (χ0n) is 6.00. The number of carbonyl (C=O) groups excluding carboxylic acids is 1. The van der Waals surface area contributed by atoms with Crippen LogP contribution in [0.15, 0.2) is 23.8 Å². The molecule has 0 fully saturated rings. The SMILES string of the molecule is CC1=CC(C(N)=O)CC=C1. The van der Waals surface area contributed by atoms with Crippen LogP contribution in [0, 0.1) is 5.92 Å². The summed E-state index contributed by atoms with van der Waals surface area (Å²) in [5, 5.41) is 0. The quantitative estimate of drug-likeness (QED) is 0.575. The van der Waals surface area contributed by atoms with Crippen LogP contribution in [-0.2, 0) is 4.79 Å². The molecule has 2 heteroatoms. The number of allylic oxidation sites excluding steroid dienone is 3. The maximum absolute atomic E-state index is 10.6. The molecule has 1 amide bonds. The minimum Gasteiger partial charge on any atom is -0.369 e. The van der Waals surface area contributed by atoms with Crippen LogP contribution in [0.5, 0.6) is 0 Å². The molecule has 54 valence electrons. The van der Waals surface area contributed by atoms with Gasteiger partial charge in [0.05, 0.1) is 5.92 Å². The molecule has 1 unspecified atom stereocenters. The summed E-state index contributed by atoms with van der Waals surface area (Å²) in [6.45, 7) is 1.96. The Morgan fingerprint density at radius 1 is 1.80 bits per heavy atom. The Labute approximate surface area is 60.4 Å². The molecule has 0 saturated carbocycles. The van der Waals surface area contributed by atoms with Crippen LogP contribution >= 0.6 is 0 Å². The number of carbonyl (C=O) groups is 1. The fourth-order valence-corrected chi connectivity index (χ4v) is 1.04. The zero-order chi connectivity index (χ0) is 7.56. The average molecular weight is 137 g/mol. The summed E-state index contributed by atoms with van der Waals surface area (Å²) in [6.07, 6.45) is 6.64. The van der Waals surface area contributed by atoms with Crippen molar-refractivity contribution in [2.45, 2.75) is 13.3 Å². The highest BCUT2D eigenvalue weighted by Crippen LogP contribution is 2.15. The van der Waals surface area contributed by atoms with Crippen molar-refractivity contribution in [1.82, 2.24) is 0 Å². The Balaban J connectivity index is 2.69. The Bertz CT molecular complexity index is 203. The van der Waals surface area contributed by atoms with Gasteiger partial charge in [-0.3, -0.25) is 4.79 Å². The second-order valence-corrected chi connectivity index (χ2v) is 2.56. The number of hydrogen-bond donors (Lipinski definition) is 1. The van der Waals surface area contributed by atoms with Gasteiger partial charge in [-0.15, -0.1) is 0 Å². The monoisotopic (exact) mass is 137 g/mol. The Morgan fingerprint density at radius 3 is 2.90 bits per heavy atom. The van der Waals surface area contributed by atoms with Crippen LogP contribution in [0.4, 0.5) is 0 Å². The minimum atomic E-state index is -0.233. The number of hydrogen-bond acceptors (Lipinski definition) is 1. The predicted molar refractivity (Wildman–Crippen MR) is 40.2 cm³/mol. The lowest BCUT2D eigenvalue weighted by atomic mass is 9.97. The molecule has 2 N–H and O–H groups in total. The van der Waals surface area contributed by atoms with Gasteiger partial charge in [0.1, 0.15) is 0 Å². The average Bonchev–Trinajstić information content (AvgIpc) is 1.88. The van der Waals surface area contributed by atoms with E-state index >= 15 is 0 Å². The van der Waals surface area contributed by atoms with Gasteiger partial charge in [-0.05, 0) is 13.3 Å². The van der Waals surface area contributed by atoms with Crippen molar-refractivity contribution in [3.63, 3.8) is 0 Å². The molecular formula is C8H11NO. The number of nitrogens with two attached hydrogens (primary N) is 1. The van der Waals surface area contributed by atoms with Gasteiger partial charge in [-0.25, -0.2) is 0 Å². The van der Waals surface area contributed by atoms with Gasteiger partial charge in [0, 0.05) is 0 Å². The Morgan fingerprint density at radius 2 is 2.50 bits per heavy atom. The first kappa shape index (κ1) is 7.06. The van der Waals surface area contributed by atoms with Crippen LogP contribution in [0.2, 0.25) is 0 Å². The lowest BCUT2D eigenvalue weighted by Crippen LogP contribution is -2.22. The van der Waals surface area contributed by atoms with E-state index in [-0.39, 0.29) is 11.8 Å². The largest absolute Gasteiger partial charge is 0.369 e. The number of rotatable bonds is 1. The Hall–Kier alpha value is -1.05. The second kappa shape index (κ2) is 2.69. The summed E-state index contributed by atoms with van der Waals surface area (Å²) in [5.41, 5.74) is 6.23. The van der Waals surface area contributed by atoms with Gasteiger partial charge in [-0.2, -0.15) is 0 Å². The standard InChI is InChI=1S/C8H11NO/c1-6-3-2-4-7(5-6)8(9)10/h2-3,5,7H,4H2,1H3,(H2,9,10). The van der Waals surface area contributed by atoms with Crippen molar-refractivity contribution in [2.75, 3.05) is 0 Å². The molecule has 1 rings (SSSR count). The summed E-state index contributed by atoms with van der Waals surface area (Å²) in [7, 11) is 0. The fraction of sp³-hybridized carbons (Fsp3) is 0.375. The predicted octanol–water partition coefficient (Wildman–Crippen LogP) is 0.994. The topological polar surface area (TPSA) is 43.1 Å². The van der Waals surface area contributed by atoms with E-state index in [1.54, 1.807) is 0 Å². The molecule has 10 heavy (non-hydrogen) atoms. The maximum atomic E-state index is 10.6. The van der Waals surface area contributed by atoms with Crippen molar-refractivity contribution >= 4 is 5.91 Å². The molecule has 0 aromatic heterocycles. The molecule has 0 aromatic rings. The third-order valence-corrected chi connectivity index (χ3v) is 1.60. The van der Waals surface area contributed by atoms with E-state index in [9.17, 15) is 4.79 Å². The van der Waals surface area contributed by atoms with E-state index in [0.717, 1.165) is 12.0 Å². The summed E-state index contributed by atoms with van der Waals surface area (Å²) in [6, 6.07) is 0. The molecule has 1 aliphatic carbocycles. The lowest BCUT2D eigenvalue weighted by Gasteiger charge is -2.09. The fourth-order valence-electron chi connectivity index (χ4n) is 1.04. The van der Waals surface area contributed by atoms with Gasteiger partial charge in [-0.1, -0.05) is 23.8 Å². The third kappa shape index (κ3) is 1.47. The lowest BCUT2D eigenvalue weighted by molar-refractivity contribution is -0.120. The maximum Gasteiger partial charge on any atom is 0.224 e. The van der Waals surface area contributed by atoms with Crippen LogP contribution < -0.4 is 5.73 Å². The summed E-state index contributed by atoms with van der Waals surface area (Å²) >= 11 is 0.